The number of carbonyl (C=O) groups is 1. The summed E-state index contributed by atoms with van der Waals surface area (Å²) in [5.41, 5.74) is -0.983. The monoisotopic (exact) mass is 424 g/mol. The first-order chi connectivity index (χ1) is 13.8. The van der Waals surface area contributed by atoms with E-state index in [-0.39, 0.29) is 0 Å². The first-order valence-corrected chi connectivity index (χ1v) is 10.2. The highest BCUT2D eigenvalue weighted by Crippen LogP contribution is 2.26. The number of amides is 1. The molecule has 154 valence electrons. The molecule has 0 unspecified atom stereocenters. The molecule has 2 aromatic heterocycles. The summed E-state index contributed by atoms with van der Waals surface area (Å²) in [5, 5.41) is 2.78. The van der Waals surface area contributed by atoms with Crippen molar-refractivity contribution in [2.45, 2.75) is 25.2 Å². The predicted octanol–water partition coefficient (Wildman–Crippen LogP) is 3.35. The smallest absolute Gasteiger partial charge is 0.345 e. The number of halogens is 3. The number of pyridine rings is 1. The summed E-state index contributed by atoms with van der Waals surface area (Å²) < 4.78 is 39.5. The number of rotatable bonds is 7. The maximum Gasteiger partial charge on any atom is 0.421 e. The van der Waals surface area contributed by atoms with Crippen molar-refractivity contribution in [1.29, 1.82) is 0 Å². The van der Waals surface area contributed by atoms with Gasteiger partial charge in [-0.05, 0) is 42.7 Å². The second-order valence-corrected chi connectivity index (χ2v) is 7.38. The number of para-hydroxylation sites is 2. The molecule has 2 heterocycles. The maximum absolute atomic E-state index is 12.9. The predicted molar refractivity (Wildman–Crippen MR) is 106 cm³/mol. The standard InChI is InChI=1S/C19H19F3N4O2S/c1-29-10-8-15(17-24-13-6-2-3-7-14(13)25-17)23-16(27)11-26-9-4-5-12(18(26)28)19(20,21)22/h2-7,9,15H,8,10-11H2,1H3,(H,23,27)(H,24,25)/t15-/m1/s1. The van der Waals surface area contributed by atoms with E-state index in [0.29, 0.717) is 18.3 Å². The van der Waals surface area contributed by atoms with Gasteiger partial charge in [0.15, 0.2) is 0 Å². The van der Waals surface area contributed by atoms with E-state index in [9.17, 15) is 22.8 Å². The zero-order chi connectivity index (χ0) is 21.0. The number of aromatic amines is 1. The van der Waals surface area contributed by atoms with Gasteiger partial charge in [0.2, 0.25) is 5.91 Å². The summed E-state index contributed by atoms with van der Waals surface area (Å²) in [4.78, 5) is 32.2. The highest BCUT2D eigenvalue weighted by molar-refractivity contribution is 7.98. The number of alkyl halides is 3. The summed E-state index contributed by atoms with van der Waals surface area (Å²) in [6, 6.07) is 8.76. The van der Waals surface area contributed by atoms with Crippen molar-refractivity contribution >= 4 is 28.7 Å². The second kappa shape index (κ2) is 8.73. The number of imidazole rings is 1. The molecular formula is C19H19F3N4O2S. The second-order valence-electron chi connectivity index (χ2n) is 6.39. The molecule has 0 radical (unpaired) electrons. The topological polar surface area (TPSA) is 79.8 Å². The van der Waals surface area contributed by atoms with Gasteiger partial charge >= 0.3 is 6.18 Å². The van der Waals surface area contributed by atoms with Gasteiger partial charge in [-0.3, -0.25) is 9.59 Å². The average Bonchev–Trinajstić information content (AvgIpc) is 3.10. The molecule has 1 atom stereocenters. The SMILES string of the molecule is CSCC[C@@H](NC(=O)Cn1cccc(C(F)(F)F)c1=O)c1nc2ccccc2[nH]1. The third-order valence-electron chi connectivity index (χ3n) is 4.32. The van der Waals surface area contributed by atoms with Crippen LogP contribution in [0.25, 0.3) is 11.0 Å². The molecule has 3 rings (SSSR count). The molecule has 6 nitrogen and oxygen atoms in total. The molecule has 0 saturated carbocycles. The van der Waals surface area contributed by atoms with E-state index in [2.05, 4.69) is 15.3 Å². The molecule has 0 saturated heterocycles. The van der Waals surface area contributed by atoms with Gasteiger partial charge in [-0.15, -0.1) is 0 Å². The number of thioether (sulfide) groups is 1. The van der Waals surface area contributed by atoms with Crippen molar-refractivity contribution < 1.29 is 18.0 Å². The summed E-state index contributed by atoms with van der Waals surface area (Å²) in [6.45, 7) is -0.515. The lowest BCUT2D eigenvalue weighted by atomic mass is 10.2. The molecule has 0 bridgehead atoms. The molecule has 0 aliphatic carbocycles. The van der Waals surface area contributed by atoms with Gasteiger partial charge in [-0.1, -0.05) is 12.1 Å². The van der Waals surface area contributed by atoms with Gasteiger partial charge < -0.3 is 14.9 Å². The van der Waals surface area contributed by atoms with Gasteiger partial charge in [-0.2, -0.15) is 24.9 Å². The molecule has 0 aliphatic heterocycles. The molecule has 1 aromatic carbocycles. The number of H-pyrrole nitrogens is 1. The number of nitrogens with one attached hydrogen (secondary N) is 2. The van der Waals surface area contributed by atoms with Crippen LogP contribution in [-0.4, -0.2) is 32.5 Å². The molecule has 29 heavy (non-hydrogen) atoms. The van der Waals surface area contributed by atoms with E-state index < -0.39 is 35.8 Å². The van der Waals surface area contributed by atoms with Crippen LogP contribution in [0.2, 0.25) is 0 Å². The van der Waals surface area contributed by atoms with E-state index in [0.717, 1.165) is 33.6 Å². The molecule has 10 heteroatoms. The zero-order valence-electron chi connectivity index (χ0n) is 15.5. The summed E-state index contributed by atoms with van der Waals surface area (Å²) in [5.74, 6) is 0.730. The molecule has 1 amide bonds. The van der Waals surface area contributed by atoms with E-state index in [4.69, 9.17) is 0 Å². The first kappa shape index (κ1) is 21.0. The lowest BCUT2D eigenvalue weighted by molar-refractivity contribution is -0.139. The Morgan fingerprint density at radius 2 is 2.03 bits per heavy atom. The van der Waals surface area contributed by atoms with Gasteiger partial charge in [0.1, 0.15) is 17.9 Å². The first-order valence-electron chi connectivity index (χ1n) is 8.79. The lowest BCUT2D eigenvalue weighted by Crippen LogP contribution is -2.37. The van der Waals surface area contributed by atoms with Gasteiger partial charge in [0.25, 0.3) is 5.56 Å². The number of aromatic nitrogens is 3. The molecule has 3 aromatic rings. The van der Waals surface area contributed by atoms with Crippen LogP contribution in [0.1, 0.15) is 23.9 Å². The Balaban J connectivity index is 1.80. The minimum atomic E-state index is -4.77. The van der Waals surface area contributed by atoms with E-state index in [1.54, 1.807) is 11.8 Å². The fourth-order valence-corrected chi connectivity index (χ4v) is 3.39. The van der Waals surface area contributed by atoms with Crippen LogP contribution in [0.5, 0.6) is 0 Å². The van der Waals surface area contributed by atoms with E-state index in [1.165, 1.54) is 0 Å². The summed E-state index contributed by atoms with van der Waals surface area (Å²) >= 11 is 1.60. The molecule has 2 N–H and O–H groups in total. The molecule has 0 fully saturated rings. The Morgan fingerprint density at radius 1 is 1.28 bits per heavy atom. The molecule has 0 aliphatic rings. The van der Waals surface area contributed by atoms with Crippen molar-refractivity contribution in [3.63, 3.8) is 0 Å². The number of carbonyl (C=O) groups excluding carboxylic acids is 1. The van der Waals surface area contributed by atoms with Crippen LogP contribution in [0.3, 0.4) is 0 Å². The Labute approximate surface area is 168 Å². The summed E-state index contributed by atoms with van der Waals surface area (Å²) in [6.07, 6.45) is -1.11. The number of benzene rings is 1. The Hall–Kier alpha value is -2.75. The average molecular weight is 424 g/mol. The molecular weight excluding hydrogens is 405 g/mol. The number of nitrogens with zero attached hydrogens (tertiary/aromatic N) is 2. The minimum Gasteiger partial charge on any atom is -0.345 e. The third-order valence-corrected chi connectivity index (χ3v) is 4.97. The van der Waals surface area contributed by atoms with E-state index >= 15 is 0 Å². The third kappa shape index (κ3) is 5.00. The Morgan fingerprint density at radius 3 is 2.72 bits per heavy atom. The van der Waals surface area contributed by atoms with Gasteiger partial charge in [0.05, 0.1) is 17.1 Å². The van der Waals surface area contributed by atoms with E-state index in [1.807, 2.05) is 30.5 Å². The summed E-state index contributed by atoms with van der Waals surface area (Å²) in [7, 11) is 0. The number of hydrogen-bond acceptors (Lipinski definition) is 4. The highest BCUT2D eigenvalue weighted by Gasteiger charge is 2.34. The van der Waals surface area contributed by atoms with Gasteiger partial charge in [0, 0.05) is 6.20 Å². The van der Waals surface area contributed by atoms with Crippen LogP contribution in [0.15, 0.2) is 47.4 Å². The quantitative estimate of drug-likeness (QED) is 0.610. The number of fused-ring (bicyclic) bond motifs is 1. The Kier molecular flexibility index (Phi) is 6.31. The highest BCUT2D eigenvalue weighted by atomic mass is 32.2. The fraction of sp³-hybridized carbons (Fsp3) is 0.316. The van der Waals surface area contributed by atoms with Crippen LogP contribution in [0, 0.1) is 0 Å². The normalized spacial score (nSPS) is 12.8. The van der Waals surface area contributed by atoms with Crippen molar-refractivity contribution in [3.05, 3.63) is 64.3 Å². The van der Waals surface area contributed by atoms with Crippen molar-refractivity contribution in [2.75, 3.05) is 12.0 Å². The maximum atomic E-state index is 12.9. The zero-order valence-corrected chi connectivity index (χ0v) is 16.3. The van der Waals surface area contributed by atoms with Crippen LogP contribution >= 0.6 is 11.8 Å². The molecule has 0 spiro atoms. The largest absolute Gasteiger partial charge is 0.421 e. The van der Waals surface area contributed by atoms with Crippen LogP contribution < -0.4 is 10.9 Å². The van der Waals surface area contributed by atoms with Crippen molar-refractivity contribution in [2.24, 2.45) is 0 Å². The minimum absolute atomic E-state index is 0.455. The van der Waals surface area contributed by atoms with Crippen LogP contribution in [-0.2, 0) is 17.5 Å². The fourth-order valence-electron chi connectivity index (χ4n) is 2.92. The Bertz CT molecular complexity index is 1030. The number of hydrogen-bond donors (Lipinski definition) is 2. The van der Waals surface area contributed by atoms with Crippen molar-refractivity contribution in [3.8, 4) is 0 Å². The van der Waals surface area contributed by atoms with Crippen LogP contribution in [0.4, 0.5) is 13.2 Å². The van der Waals surface area contributed by atoms with Crippen molar-refractivity contribution in [1.82, 2.24) is 19.9 Å². The lowest BCUT2D eigenvalue weighted by Gasteiger charge is -2.17. The van der Waals surface area contributed by atoms with Gasteiger partial charge in [-0.25, -0.2) is 4.98 Å².